The van der Waals surface area contributed by atoms with Gasteiger partial charge in [0.25, 0.3) is 5.56 Å². The van der Waals surface area contributed by atoms with Gasteiger partial charge in [0.15, 0.2) is 18.0 Å². The highest BCUT2D eigenvalue weighted by Gasteiger charge is 2.47. The number of anilines is 1. The number of unbranched alkanes of at least 4 members (excludes halogenated alkanes) is 1. The van der Waals surface area contributed by atoms with Gasteiger partial charge in [-0.1, -0.05) is 13.3 Å². The van der Waals surface area contributed by atoms with Gasteiger partial charge in [0.1, 0.15) is 12.2 Å². The monoisotopic (exact) mass is 366 g/mol. The summed E-state index contributed by atoms with van der Waals surface area (Å²) in [5.41, 5.74) is 5.42. The van der Waals surface area contributed by atoms with E-state index in [0.29, 0.717) is 6.42 Å². The Bertz CT molecular complexity index is 847. The van der Waals surface area contributed by atoms with Gasteiger partial charge in [0, 0.05) is 12.6 Å². The lowest BCUT2D eigenvalue weighted by atomic mass is 10.1. The Hall–Kier alpha value is -2.43. The minimum atomic E-state index is -1.22. The van der Waals surface area contributed by atoms with Crippen molar-refractivity contribution in [2.45, 2.75) is 50.7 Å². The summed E-state index contributed by atoms with van der Waals surface area (Å²) in [6.07, 6.45) is -0.891. The van der Waals surface area contributed by atoms with Crippen molar-refractivity contribution >= 4 is 23.0 Å². The minimum absolute atomic E-state index is 0.0730. The van der Waals surface area contributed by atoms with Crippen LogP contribution < -0.4 is 11.3 Å². The van der Waals surface area contributed by atoms with Crippen molar-refractivity contribution in [1.29, 1.82) is 0 Å². The molecular weight excluding hydrogens is 344 g/mol. The molecule has 0 saturated carbocycles. The van der Waals surface area contributed by atoms with Crippen LogP contribution in [0.15, 0.2) is 17.1 Å². The number of rotatable bonds is 6. The lowest BCUT2D eigenvalue weighted by molar-refractivity contribution is -0.158. The number of H-pyrrole nitrogens is 1. The van der Waals surface area contributed by atoms with Crippen LogP contribution >= 0.6 is 0 Å². The molecule has 10 heteroatoms. The third kappa shape index (κ3) is 3.30. The first-order valence-corrected chi connectivity index (χ1v) is 8.46. The van der Waals surface area contributed by atoms with E-state index < -0.39 is 42.7 Å². The molecule has 0 aliphatic carbocycles. The number of esters is 1. The number of nitrogens with two attached hydrogens (primary N) is 1. The molecule has 142 valence electrons. The standard InChI is InChI=1S/C16H22N4O6/c1-2-3-4-10(22)26-12-11(23)9(7-21)25-15(12)20-6-5-8-13(20)18-16(17)19-14(8)24/h5-6,9,11-12,15,21,23H,2-4,7H2,1H3,(H3,17,18,19,24). The molecule has 4 unspecified atom stereocenters. The second-order valence-corrected chi connectivity index (χ2v) is 6.21. The maximum absolute atomic E-state index is 12.0. The zero-order chi connectivity index (χ0) is 18.8. The van der Waals surface area contributed by atoms with Crippen molar-refractivity contribution < 1.29 is 24.5 Å². The van der Waals surface area contributed by atoms with Gasteiger partial charge in [-0.05, 0) is 12.5 Å². The predicted octanol–water partition coefficient (Wildman–Crippen LogP) is -0.341. The van der Waals surface area contributed by atoms with Crippen molar-refractivity contribution in [2.75, 3.05) is 12.3 Å². The maximum atomic E-state index is 12.0. The van der Waals surface area contributed by atoms with Crippen molar-refractivity contribution in [3.05, 3.63) is 22.6 Å². The Morgan fingerprint density at radius 1 is 1.54 bits per heavy atom. The van der Waals surface area contributed by atoms with Crippen LogP contribution in [-0.4, -0.2) is 55.6 Å². The molecule has 3 rings (SSSR count). The van der Waals surface area contributed by atoms with E-state index >= 15 is 0 Å². The average Bonchev–Trinajstić information content (AvgIpc) is 3.15. The number of hydrogen-bond donors (Lipinski definition) is 4. The number of carbonyl (C=O) groups is 1. The van der Waals surface area contributed by atoms with Crippen molar-refractivity contribution in [3.8, 4) is 0 Å². The molecule has 2 aromatic heterocycles. The van der Waals surface area contributed by atoms with E-state index in [-0.39, 0.29) is 23.4 Å². The number of aliphatic hydroxyl groups excluding tert-OH is 2. The number of nitrogens with zero attached hydrogens (tertiary/aromatic N) is 2. The molecule has 1 saturated heterocycles. The van der Waals surface area contributed by atoms with E-state index in [1.807, 2.05) is 6.92 Å². The number of nitrogen functional groups attached to an aromatic ring is 1. The molecule has 0 radical (unpaired) electrons. The first-order valence-electron chi connectivity index (χ1n) is 8.46. The molecule has 3 heterocycles. The Balaban J connectivity index is 1.95. The molecule has 0 aromatic carbocycles. The summed E-state index contributed by atoms with van der Waals surface area (Å²) in [5, 5.41) is 20.1. The number of hydrogen-bond acceptors (Lipinski definition) is 8. The molecular formula is C16H22N4O6. The summed E-state index contributed by atoms with van der Waals surface area (Å²) in [5.74, 6) is -0.541. The van der Waals surface area contributed by atoms with Crippen molar-refractivity contribution in [3.63, 3.8) is 0 Å². The molecule has 0 bridgehead atoms. The fraction of sp³-hybridized carbons (Fsp3) is 0.562. The van der Waals surface area contributed by atoms with Crippen LogP contribution in [0, 0.1) is 0 Å². The highest BCUT2D eigenvalue weighted by Crippen LogP contribution is 2.34. The molecule has 26 heavy (non-hydrogen) atoms. The van der Waals surface area contributed by atoms with Gasteiger partial charge < -0.3 is 30.0 Å². The quantitative estimate of drug-likeness (QED) is 0.507. The normalized spacial score (nSPS) is 25.7. The number of ether oxygens (including phenoxy) is 2. The summed E-state index contributed by atoms with van der Waals surface area (Å²) in [6.45, 7) is 1.50. The topological polar surface area (TPSA) is 153 Å². The summed E-state index contributed by atoms with van der Waals surface area (Å²) >= 11 is 0. The summed E-state index contributed by atoms with van der Waals surface area (Å²) in [4.78, 5) is 30.5. The van der Waals surface area contributed by atoms with Crippen LogP contribution in [0.2, 0.25) is 0 Å². The SMILES string of the molecule is CCCCC(=O)OC1C(O)C(CO)OC1n1ccc2c(=O)[nH]c(N)nc21. The van der Waals surface area contributed by atoms with Crippen LogP contribution in [0.5, 0.6) is 0 Å². The van der Waals surface area contributed by atoms with E-state index in [0.717, 1.165) is 6.42 Å². The lowest BCUT2D eigenvalue weighted by Gasteiger charge is -2.22. The molecule has 10 nitrogen and oxygen atoms in total. The maximum Gasteiger partial charge on any atom is 0.306 e. The van der Waals surface area contributed by atoms with Crippen molar-refractivity contribution in [1.82, 2.24) is 14.5 Å². The van der Waals surface area contributed by atoms with Crippen molar-refractivity contribution in [2.24, 2.45) is 0 Å². The first kappa shape index (κ1) is 18.4. The van der Waals surface area contributed by atoms with E-state index in [4.69, 9.17) is 15.2 Å². The zero-order valence-corrected chi connectivity index (χ0v) is 14.3. The number of nitrogens with one attached hydrogen (secondary N) is 1. The van der Waals surface area contributed by atoms with E-state index in [1.54, 1.807) is 0 Å². The van der Waals surface area contributed by atoms with E-state index in [1.165, 1.54) is 16.8 Å². The van der Waals surface area contributed by atoms with Crippen LogP contribution in [0.25, 0.3) is 11.0 Å². The zero-order valence-electron chi connectivity index (χ0n) is 14.3. The molecule has 1 fully saturated rings. The Labute approximate surface area is 148 Å². The van der Waals surface area contributed by atoms with Gasteiger partial charge in [-0.3, -0.25) is 14.6 Å². The van der Waals surface area contributed by atoms with Gasteiger partial charge in [0.2, 0.25) is 5.95 Å². The molecule has 0 spiro atoms. The largest absolute Gasteiger partial charge is 0.455 e. The highest BCUT2D eigenvalue weighted by atomic mass is 16.6. The molecule has 5 N–H and O–H groups in total. The van der Waals surface area contributed by atoms with E-state index in [2.05, 4.69) is 9.97 Å². The molecule has 2 aromatic rings. The number of fused-ring (bicyclic) bond motifs is 1. The summed E-state index contributed by atoms with van der Waals surface area (Å²) < 4.78 is 12.5. The number of aromatic amines is 1. The number of aliphatic hydroxyl groups is 2. The van der Waals surface area contributed by atoms with Crippen LogP contribution in [0.3, 0.4) is 0 Å². The molecule has 1 aliphatic rings. The fourth-order valence-electron chi connectivity index (χ4n) is 3.02. The Morgan fingerprint density at radius 2 is 2.31 bits per heavy atom. The third-order valence-corrected chi connectivity index (χ3v) is 4.37. The molecule has 4 atom stereocenters. The van der Waals surface area contributed by atoms with Crippen LogP contribution in [0.4, 0.5) is 5.95 Å². The lowest BCUT2D eigenvalue weighted by Crippen LogP contribution is -2.37. The molecule has 1 aliphatic heterocycles. The van der Waals surface area contributed by atoms with Crippen LogP contribution in [0.1, 0.15) is 32.4 Å². The average molecular weight is 366 g/mol. The van der Waals surface area contributed by atoms with Gasteiger partial charge in [-0.25, -0.2) is 0 Å². The van der Waals surface area contributed by atoms with E-state index in [9.17, 15) is 19.8 Å². The van der Waals surface area contributed by atoms with Gasteiger partial charge in [0.05, 0.1) is 12.0 Å². The second kappa shape index (κ2) is 7.44. The first-order chi connectivity index (χ1) is 12.5. The van der Waals surface area contributed by atoms with Gasteiger partial charge in [-0.2, -0.15) is 4.98 Å². The second-order valence-electron chi connectivity index (χ2n) is 6.21. The minimum Gasteiger partial charge on any atom is -0.455 e. The Kier molecular flexibility index (Phi) is 5.25. The smallest absolute Gasteiger partial charge is 0.306 e. The number of carbonyl (C=O) groups excluding carboxylic acids is 1. The van der Waals surface area contributed by atoms with Gasteiger partial charge >= 0.3 is 5.97 Å². The predicted molar refractivity (Wildman–Crippen MR) is 91.2 cm³/mol. The highest BCUT2D eigenvalue weighted by molar-refractivity contribution is 5.76. The molecule has 0 amide bonds. The van der Waals surface area contributed by atoms with Gasteiger partial charge in [-0.15, -0.1) is 0 Å². The third-order valence-electron chi connectivity index (χ3n) is 4.37. The van der Waals surface area contributed by atoms with Crippen LogP contribution in [-0.2, 0) is 14.3 Å². The summed E-state index contributed by atoms with van der Waals surface area (Å²) in [6, 6.07) is 1.53. The number of aromatic nitrogens is 3. The summed E-state index contributed by atoms with van der Waals surface area (Å²) in [7, 11) is 0. The fourth-order valence-corrected chi connectivity index (χ4v) is 3.02. The Morgan fingerprint density at radius 3 is 3.00 bits per heavy atom.